The molecule has 0 saturated heterocycles. The molecule has 0 aliphatic heterocycles. The number of hydrogen-bond acceptors (Lipinski definition) is 5. The Morgan fingerprint density at radius 1 is 1.55 bits per heavy atom. The minimum absolute atomic E-state index is 0.183. The number of nitro benzene ring substituents is 1. The molecular formula is C14H13N5O3. The van der Waals surface area contributed by atoms with E-state index >= 15 is 0 Å². The van der Waals surface area contributed by atoms with Gasteiger partial charge in [0, 0.05) is 37.6 Å². The van der Waals surface area contributed by atoms with E-state index in [1.807, 2.05) is 6.07 Å². The van der Waals surface area contributed by atoms with Gasteiger partial charge in [-0.2, -0.15) is 5.26 Å². The second-order valence-corrected chi connectivity index (χ2v) is 4.57. The Kier molecular flexibility index (Phi) is 4.48. The van der Waals surface area contributed by atoms with E-state index in [2.05, 4.69) is 4.98 Å². The van der Waals surface area contributed by atoms with E-state index in [0.29, 0.717) is 5.69 Å². The summed E-state index contributed by atoms with van der Waals surface area (Å²) in [6.45, 7) is 0.270. The van der Waals surface area contributed by atoms with Gasteiger partial charge >= 0.3 is 0 Å². The first-order valence-electron chi connectivity index (χ1n) is 6.43. The van der Waals surface area contributed by atoms with Crippen LogP contribution in [0.25, 0.3) is 5.69 Å². The van der Waals surface area contributed by atoms with Gasteiger partial charge in [0.2, 0.25) is 0 Å². The van der Waals surface area contributed by atoms with Gasteiger partial charge < -0.3 is 9.47 Å². The molecule has 22 heavy (non-hydrogen) atoms. The van der Waals surface area contributed by atoms with Crippen LogP contribution in [0.1, 0.15) is 16.8 Å². The summed E-state index contributed by atoms with van der Waals surface area (Å²) in [5.74, 6) is -0.365. The monoisotopic (exact) mass is 299 g/mol. The highest BCUT2D eigenvalue weighted by atomic mass is 16.6. The van der Waals surface area contributed by atoms with Crippen molar-refractivity contribution in [3.8, 4) is 11.8 Å². The highest BCUT2D eigenvalue weighted by Crippen LogP contribution is 2.24. The van der Waals surface area contributed by atoms with Crippen LogP contribution in [-0.4, -0.2) is 38.9 Å². The number of benzene rings is 1. The maximum atomic E-state index is 12.2. The van der Waals surface area contributed by atoms with Gasteiger partial charge in [0.15, 0.2) is 0 Å². The topological polar surface area (TPSA) is 105 Å². The standard InChI is InChI=1S/C14H13N5O3/c1-17(7-2-5-15)14(20)11-3-4-12(13(9-11)19(21)22)18-8-6-16-10-18/h3-4,6,8-10H,2,7H2,1H3. The van der Waals surface area contributed by atoms with E-state index in [9.17, 15) is 14.9 Å². The molecule has 2 rings (SSSR count). The highest BCUT2D eigenvalue weighted by molar-refractivity contribution is 5.95. The third-order valence-electron chi connectivity index (χ3n) is 3.11. The maximum absolute atomic E-state index is 12.2. The van der Waals surface area contributed by atoms with Crippen LogP contribution in [0.3, 0.4) is 0 Å². The van der Waals surface area contributed by atoms with Crippen molar-refractivity contribution in [2.24, 2.45) is 0 Å². The van der Waals surface area contributed by atoms with Crippen molar-refractivity contribution in [2.45, 2.75) is 6.42 Å². The van der Waals surface area contributed by atoms with Crippen LogP contribution in [0.4, 0.5) is 5.69 Å². The summed E-state index contributed by atoms with van der Waals surface area (Å²) < 4.78 is 1.51. The van der Waals surface area contributed by atoms with Gasteiger partial charge in [-0.15, -0.1) is 0 Å². The van der Waals surface area contributed by atoms with Crippen molar-refractivity contribution in [1.82, 2.24) is 14.5 Å². The minimum Gasteiger partial charge on any atom is -0.341 e. The van der Waals surface area contributed by atoms with Crippen molar-refractivity contribution in [1.29, 1.82) is 5.26 Å². The lowest BCUT2D eigenvalue weighted by Gasteiger charge is -2.15. The number of carbonyl (C=O) groups excluding carboxylic acids is 1. The fourth-order valence-electron chi connectivity index (χ4n) is 1.96. The number of nitriles is 1. The summed E-state index contributed by atoms with van der Waals surface area (Å²) in [6, 6.07) is 6.21. The smallest absolute Gasteiger partial charge is 0.294 e. The van der Waals surface area contributed by atoms with Crippen molar-refractivity contribution in [3.63, 3.8) is 0 Å². The van der Waals surface area contributed by atoms with E-state index < -0.39 is 4.92 Å². The van der Waals surface area contributed by atoms with Gasteiger partial charge in [0.25, 0.3) is 11.6 Å². The van der Waals surface area contributed by atoms with E-state index in [0.717, 1.165) is 0 Å². The second-order valence-electron chi connectivity index (χ2n) is 4.57. The molecule has 0 aliphatic rings. The second kappa shape index (κ2) is 6.49. The fourth-order valence-corrected chi connectivity index (χ4v) is 1.96. The molecule has 0 aliphatic carbocycles. The Morgan fingerprint density at radius 3 is 2.91 bits per heavy atom. The molecule has 2 aromatic rings. The number of imidazole rings is 1. The van der Waals surface area contributed by atoms with Crippen LogP contribution in [0.2, 0.25) is 0 Å². The number of rotatable bonds is 5. The Labute approximate surface area is 126 Å². The van der Waals surface area contributed by atoms with E-state index in [4.69, 9.17) is 5.26 Å². The lowest BCUT2D eigenvalue weighted by atomic mass is 10.1. The number of hydrogen-bond donors (Lipinski definition) is 0. The molecule has 8 heteroatoms. The molecule has 0 saturated carbocycles. The van der Waals surface area contributed by atoms with Gasteiger partial charge in [-0.25, -0.2) is 4.98 Å². The van der Waals surface area contributed by atoms with Crippen molar-refractivity contribution in [2.75, 3.05) is 13.6 Å². The summed E-state index contributed by atoms with van der Waals surface area (Å²) in [4.78, 5) is 28.1. The molecule has 8 nitrogen and oxygen atoms in total. The summed E-state index contributed by atoms with van der Waals surface area (Å²) in [7, 11) is 1.55. The van der Waals surface area contributed by atoms with Crippen LogP contribution >= 0.6 is 0 Å². The summed E-state index contributed by atoms with van der Waals surface area (Å²) in [6.07, 6.45) is 4.75. The van der Waals surface area contributed by atoms with Crippen LogP contribution in [0, 0.1) is 21.4 Å². The van der Waals surface area contributed by atoms with Gasteiger partial charge in [0.1, 0.15) is 5.69 Å². The average Bonchev–Trinajstić information content (AvgIpc) is 3.05. The van der Waals surface area contributed by atoms with E-state index in [1.54, 1.807) is 13.2 Å². The Balaban J connectivity index is 2.36. The first-order valence-corrected chi connectivity index (χ1v) is 6.43. The molecular weight excluding hydrogens is 286 g/mol. The molecule has 0 N–H and O–H groups in total. The average molecular weight is 299 g/mol. The van der Waals surface area contributed by atoms with Crippen LogP contribution in [0.5, 0.6) is 0 Å². The molecule has 0 radical (unpaired) electrons. The highest BCUT2D eigenvalue weighted by Gasteiger charge is 2.20. The predicted octanol–water partition coefficient (Wildman–Crippen LogP) is 1.77. The van der Waals surface area contributed by atoms with Crippen molar-refractivity contribution in [3.05, 3.63) is 52.6 Å². The fraction of sp³-hybridized carbons (Fsp3) is 0.214. The molecule has 112 valence electrons. The van der Waals surface area contributed by atoms with Gasteiger partial charge in [-0.05, 0) is 12.1 Å². The van der Waals surface area contributed by atoms with Gasteiger partial charge in [0.05, 0.1) is 23.7 Å². The Morgan fingerprint density at radius 2 is 2.32 bits per heavy atom. The number of nitrogens with zero attached hydrogens (tertiary/aromatic N) is 5. The molecule has 1 aromatic carbocycles. The lowest BCUT2D eigenvalue weighted by molar-refractivity contribution is -0.384. The molecule has 0 fully saturated rings. The zero-order chi connectivity index (χ0) is 16.1. The zero-order valence-corrected chi connectivity index (χ0v) is 11.8. The number of carbonyl (C=O) groups is 1. The molecule has 0 atom stereocenters. The summed E-state index contributed by atoms with van der Waals surface area (Å²) in [5, 5.41) is 19.8. The third kappa shape index (κ3) is 3.09. The molecule has 0 bridgehead atoms. The molecule has 0 unspecified atom stereocenters. The maximum Gasteiger partial charge on any atom is 0.294 e. The summed E-state index contributed by atoms with van der Waals surface area (Å²) in [5.41, 5.74) is 0.354. The third-order valence-corrected chi connectivity index (χ3v) is 3.11. The number of amides is 1. The number of nitro groups is 1. The van der Waals surface area contributed by atoms with Crippen LogP contribution in [0.15, 0.2) is 36.9 Å². The van der Waals surface area contributed by atoms with Crippen molar-refractivity contribution < 1.29 is 9.72 Å². The molecule has 0 spiro atoms. The quantitative estimate of drug-likeness (QED) is 0.618. The Hall–Kier alpha value is -3.21. The largest absolute Gasteiger partial charge is 0.341 e. The predicted molar refractivity (Wildman–Crippen MR) is 77.4 cm³/mol. The lowest BCUT2D eigenvalue weighted by Crippen LogP contribution is -2.27. The first-order chi connectivity index (χ1) is 10.5. The Bertz CT molecular complexity index is 733. The molecule has 1 heterocycles. The normalized spacial score (nSPS) is 10.0. The molecule has 1 aromatic heterocycles. The number of aromatic nitrogens is 2. The summed E-state index contributed by atoms with van der Waals surface area (Å²) >= 11 is 0. The van der Waals surface area contributed by atoms with Gasteiger partial charge in [-0.1, -0.05) is 0 Å². The first kappa shape index (κ1) is 15.2. The minimum atomic E-state index is -0.540. The van der Waals surface area contributed by atoms with Crippen LogP contribution in [-0.2, 0) is 0 Å². The SMILES string of the molecule is CN(CCC#N)C(=O)c1ccc(-n2ccnc2)c([N+](=O)[O-])c1. The van der Waals surface area contributed by atoms with Gasteiger partial charge in [-0.3, -0.25) is 14.9 Å². The van der Waals surface area contributed by atoms with Crippen LogP contribution < -0.4 is 0 Å². The van der Waals surface area contributed by atoms with E-state index in [1.165, 1.54) is 40.2 Å². The van der Waals surface area contributed by atoms with E-state index in [-0.39, 0.29) is 30.1 Å². The van der Waals surface area contributed by atoms with Crippen molar-refractivity contribution >= 4 is 11.6 Å². The molecule has 1 amide bonds. The zero-order valence-electron chi connectivity index (χ0n) is 11.8.